The average Bonchev–Trinajstić information content (AvgIpc) is 2.25. The summed E-state index contributed by atoms with van der Waals surface area (Å²) in [4.78, 5) is 0. The molecule has 1 heterocycles. The van der Waals surface area contributed by atoms with E-state index in [-0.39, 0.29) is 18.9 Å². The second kappa shape index (κ2) is 16.6. The first kappa shape index (κ1) is 20.0. The molecule has 0 unspecified atom stereocenters. The molecule has 1 aliphatic rings. The Morgan fingerprint density at radius 3 is 1.88 bits per heavy atom. The van der Waals surface area contributed by atoms with E-state index in [4.69, 9.17) is 20.5 Å². The van der Waals surface area contributed by atoms with Gasteiger partial charge < -0.3 is 25.8 Å². The molecular weight excluding hydrogens is 236 g/mol. The van der Waals surface area contributed by atoms with E-state index in [1.54, 1.807) is 0 Å². The molecule has 0 amide bonds. The molecule has 0 aromatic heterocycles. The molecule has 1 aliphatic heterocycles. The van der Waals surface area contributed by atoms with Crippen LogP contribution in [0.2, 0.25) is 0 Å². The zero-order chi connectivity index (χ0) is 12.1. The van der Waals surface area contributed by atoms with E-state index in [2.05, 4.69) is 5.32 Å². The first-order chi connectivity index (χ1) is 7.81. The molecule has 1 saturated heterocycles. The van der Waals surface area contributed by atoms with Crippen LogP contribution in [-0.4, -0.2) is 58.3 Å². The molecule has 0 aromatic carbocycles. The monoisotopic (exact) mass is 260 g/mol. The Kier molecular flexibility index (Phi) is 19.5. The summed E-state index contributed by atoms with van der Waals surface area (Å²) in [6.07, 6.45) is 3.15. The standard InChI is InChI=1S/C5H11O3P.C4H13N3.Li/c6-9-7-4-2-1-3-5-8-9;5-1-3-7-4-2-6;/h9H,1-5H2;7H,1-6H2;. The summed E-state index contributed by atoms with van der Waals surface area (Å²) in [7, 11) is -2.10. The fourth-order valence-corrected chi connectivity index (χ4v) is 1.77. The Bertz CT molecular complexity index is 164. The zero-order valence-electron chi connectivity index (χ0n) is 10.7. The van der Waals surface area contributed by atoms with Crippen LogP contribution in [0.1, 0.15) is 19.3 Å². The maximum Gasteiger partial charge on any atom is 0.319 e. The second-order valence-electron chi connectivity index (χ2n) is 3.33. The van der Waals surface area contributed by atoms with Crippen LogP contribution in [0.25, 0.3) is 0 Å². The van der Waals surface area contributed by atoms with Crippen molar-refractivity contribution in [3.63, 3.8) is 0 Å². The minimum absolute atomic E-state index is 0. The molecule has 1 rings (SSSR count). The van der Waals surface area contributed by atoms with Crippen molar-refractivity contribution in [2.45, 2.75) is 19.3 Å². The zero-order valence-corrected chi connectivity index (χ0v) is 11.7. The van der Waals surface area contributed by atoms with Gasteiger partial charge >= 0.3 is 8.25 Å². The molecule has 0 spiro atoms. The molecule has 1 fully saturated rings. The van der Waals surface area contributed by atoms with Crippen LogP contribution in [-0.2, 0) is 13.6 Å². The van der Waals surface area contributed by atoms with Gasteiger partial charge in [-0.05, 0) is 19.3 Å². The topological polar surface area (TPSA) is 99.6 Å². The summed E-state index contributed by atoms with van der Waals surface area (Å²) in [6.45, 7) is 4.32. The third-order valence-corrected chi connectivity index (χ3v) is 2.75. The Hall–Kier alpha value is 0.627. The van der Waals surface area contributed by atoms with Crippen LogP contribution in [0.4, 0.5) is 0 Å². The normalized spacial score (nSPS) is 17.1. The molecule has 99 valence electrons. The summed E-state index contributed by atoms with van der Waals surface area (Å²) in [5, 5.41) is 3.03. The molecule has 0 saturated carbocycles. The summed E-state index contributed by atoms with van der Waals surface area (Å²) in [5.74, 6) is 0. The largest absolute Gasteiger partial charge is 0.329 e. The van der Waals surface area contributed by atoms with E-state index < -0.39 is 8.25 Å². The van der Waals surface area contributed by atoms with E-state index in [1.165, 1.54) is 0 Å². The molecule has 1 radical (unpaired) electrons. The summed E-state index contributed by atoms with van der Waals surface area (Å²) < 4.78 is 20.2. The third kappa shape index (κ3) is 16.6. The van der Waals surface area contributed by atoms with Gasteiger partial charge in [0.05, 0.1) is 13.2 Å². The van der Waals surface area contributed by atoms with Gasteiger partial charge in [-0.2, -0.15) is 0 Å². The maximum absolute atomic E-state index is 10.6. The van der Waals surface area contributed by atoms with Gasteiger partial charge in [0.15, 0.2) is 0 Å². The van der Waals surface area contributed by atoms with E-state index in [0.29, 0.717) is 26.3 Å². The van der Waals surface area contributed by atoms with Crippen LogP contribution >= 0.6 is 8.25 Å². The SMILES string of the molecule is NCCNCCN.O=[PH]1OCCCCCO1.[Li]. The molecular formula is C9H24LiN3O3P. The minimum atomic E-state index is -2.10. The Balaban J connectivity index is 0. The molecule has 0 aromatic rings. The minimum Gasteiger partial charge on any atom is -0.329 e. The summed E-state index contributed by atoms with van der Waals surface area (Å²) in [5.41, 5.74) is 10.3. The van der Waals surface area contributed by atoms with Crippen molar-refractivity contribution >= 4 is 27.1 Å². The molecule has 0 atom stereocenters. The van der Waals surface area contributed by atoms with Crippen LogP contribution in [0, 0.1) is 0 Å². The van der Waals surface area contributed by atoms with Crippen molar-refractivity contribution in [2.75, 3.05) is 39.4 Å². The third-order valence-electron chi connectivity index (χ3n) is 1.87. The number of nitrogens with two attached hydrogens (primary N) is 2. The van der Waals surface area contributed by atoms with E-state index in [1.807, 2.05) is 0 Å². The van der Waals surface area contributed by atoms with Crippen molar-refractivity contribution < 1.29 is 13.6 Å². The van der Waals surface area contributed by atoms with Gasteiger partial charge in [-0.1, -0.05) is 0 Å². The molecule has 17 heavy (non-hydrogen) atoms. The molecule has 5 N–H and O–H groups in total. The van der Waals surface area contributed by atoms with Gasteiger partial charge in [0.2, 0.25) is 0 Å². The smallest absolute Gasteiger partial charge is 0.319 e. The number of rotatable bonds is 4. The fourth-order valence-electron chi connectivity index (χ4n) is 1.06. The van der Waals surface area contributed by atoms with E-state index in [9.17, 15) is 4.57 Å². The van der Waals surface area contributed by atoms with Crippen molar-refractivity contribution in [3.05, 3.63) is 0 Å². The van der Waals surface area contributed by atoms with Crippen molar-refractivity contribution in [3.8, 4) is 0 Å². The number of nitrogens with one attached hydrogen (secondary N) is 1. The molecule has 6 nitrogen and oxygen atoms in total. The summed E-state index contributed by atoms with van der Waals surface area (Å²) in [6, 6.07) is 0. The Morgan fingerprint density at radius 1 is 1.00 bits per heavy atom. The predicted octanol–water partition coefficient (Wildman–Crippen LogP) is -0.294. The van der Waals surface area contributed by atoms with Gasteiger partial charge in [-0.25, -0.2) is 0 Å². The predicted molar refractivity (Wildman–Crippen MR) is 71.5 cm³/mol. The molecule has 0 aliphatic carbocycles. The van der Waals surface area contributed by atoms with Gasteiger partial charge in [-0.15, -0.1) is 0 Å². The average molecular weight is 260 g/mol. The van der Waals surface area contributed by atoms with Crippen molar-refractivity contribution in [1.29, 1.82) is 0 Å². The summed E-state index contributed by atoms with van der Waals surface area (Å²) >= 11 is 0. The van der Waals surface area contributed by atoms with Crippen molar-refractivity contribution in [2.24, 2.45) is 11.5 Å². The quantitative estimate of drug-likeness (QED) is 0.365. The Labute approximate surface area is 116 Å². The Morgan fingerprint density at radius 2 is 1.47 bits per heavy atom. The number of hydrogen-bond acceptors (Lipinski definition) is 6. The van der Waals surface area contributed by atoms with Crippen LogP contribution in [0.3, 0.4) is 0 Å². The van der Waals surface area contributed by atoms with E-state index >= 15 is 0 Å². The van der Waals surface area contributed by atoms with Gasteiger partial charge in [0.25, 0.3) is 0 Å². The van der Waals surface area contributed by atoms with Gasteiger partial charge in [0.1, 0.15) is 0 Å². The fraction of sp³-hybridized carbons (Fsp3) is 1.00. The molecule has 8 heteroatoms. The van der Waals surface area contributed by atoms with E-state index in [0.717, 1.165) is 32.4 Å². The molecule has 0 bridgehead atoms. The van der Waals surface area contributed by atoms with Gasteiger partial charge in [-0.3, -0.25) is 4.57 Å². The maximum atomic E-state index is 10.6. The first-order valence-corrected chi connectivity index (χ1v) is 6.94. The van der Waals surface area contributed by atoms with Crippen LogP contribution in [0.5, 0.6) is 0 Å². The van der Waals surface area contributed by atoms with Crippen LogP contribution in [0.15, 0.2) is 0 Å². The number of hydrogen-bond donors (Lipinski definition) is 3. The second-order valence-corrected chi connectivity index (χ2v) is 4.41. The van der Waals surface area contributed by atoms with Gasteiger partial charge in [0, 0.05) is 45.0 Å². The first-order valence-electron chi connectivity index (χ1n) is 5.71. The van der Waals surface area contributed by atoms with Crippen LogP contribution < -0.4 is 16.8 Å². The van der Waals surface area contributed by atoms with Crippen molar-refractivity contribution in [1.82, 2.24) is 5.32 Å².